The summed E-state index contributed by atoms with van der Waals surface area (Å²) in [6.45, 7) is 4.25. The molecule has 3 atom stereocenters. The average Bonchev–Trinajstić information content (AvgIpc) is 3.37. The molecule has 0 amide bonds. The Morgan fingerprint density at radius 2 is 0.778 bits per heavy atom. The molecular weight excluding hydrogens is 928 g/mol. The van der Waals surface area contributed by atoms with Crippen LogP contribution < -0.4 is 0 Å². The number of carbonyl (C=O) groups excluding carboxylic acids is 3. The van der Waals surface area contributed by atoms with Crippen molar-refractivity contribution in [2.24, 2.45) is 0 Å². The van der Waals surface area contributed by atoms with Crippen LogP contribution in [0.15, 0.2) is 109 Å². The van der Waals surface area contributed by atoms with E-state index in [-0.39, 0.29) is 19.3 Å². The summed E-state index contributed by atoms with van der Waals surface area (Å²) >= 11 is 0. The van der Waals surface area contributed by atoms with Gasteiger partial charge in [-0.3, -0.25) is 23.4 Å². The van der Waals surface area contributed by atoms with Crippen LogP contribution in [0.25, 0.3) is 0 Å². The van der Waals surface area contributed by atoms with Crippen molar-refractivity contribution >= 4 is 25.7 Å². The van der Waals surface area contributed by atoms with Crippen molar-refractivity contribution < 1.29 is 52.2 Å². The van der Waals surface area contributed by atoms with Crippen LogP contribution >= 0.6 is 7.82 Å². The number of allylic oxidation sites excluding steroid dienone is 17. The van der Waals surface area contributed by atoms with Crippen molar-refractivity contribution in [2.75, 3.05) is 26.4 Å². The summed E-state index contributed by atoms with van der Waals surface area (Å²) < 4.78 is 39.3. The van der Waals surface area contributed by atoms with Gasteiger partial charge < -0.3 is 24.2 Å². The maximum absolute atomic E-state index is 12.9. The summed E-state index contributed by atoms with van der Waals surface area (Å²) in [5.74, 6) is -1.68. The van der Waals surface area contributed by atoms with Gasteiger partial charge in [0.25, 0.3) is 0 Å². The van der Waals surface area contributed by atoms with Crippen molar-refractivity contribution in [3.8, 4) is 0 Å². The molecule has 0 fully saturated rings. The van der Waals surface area contributed by atoms with E-state index in [1.54, 1.807) is 6.08 Å². The van der Waals surface area contributed by atoms with E-state index in [0.717, 1.165) is 83.5 Å². The molecule has 0 aromatic rings. The van der Waals surface area contributed by atoms with Crippen LogP contribution in [0.3, 0.4) is 0 Å². The topological polar surface area (TPSA) is 155 Å². The summed E-state index contributed by atoms with van der Waals surface area (Å²) in [5, 5.41) is 9.80. The number of aliphatic hydroxyl groups is 1. The Bertz CT molecular complexity index is 1620. The molecule has 410 valence electrons. The Morgan fingerprint density at radius 3 is 1.22 bits per heavy atom. The first kappa shape index (κ1) is 68.1. The van der Waals surface area contributed by atoms with Gasteiger partial charge in [0.1, 0.15) is 12.7 Å². The minimum Gasteiger partial charge on any atom is -0.462 e. The predicted molar refractivity (Wildman–Crippen MR) is 297 cm³/mol. The largest absolute Gasteiger partial charge is 0.472 e. The van der Waals surface area contributed by atoms with E-state index in [4.69, 9.17) is 23.3 Å². The number of rotatable bonds is 50. The fourth-order valence-electron chi connectivity index (χ4n) is 7.07. The first-order valence-corrected chi connectivity index (χ1v) is 29.3. The highest BCUT2D eigenvalue weighted by Crippen LogP contribution is 2.43. The van der Waals surface area contributed by atoms with Gasteiger partial charge in [-0.15, -0.1) is 0 Å². The maximum atomic E-state index is 12.9. The number of hydrogen-bond acceptors (Lipinski definition) is 10. The fourth-order valence-corrected chi connectivity index (χ4v) is 7.85. The van der Waals surface area contributed by atoms with Crippen LogP contribution in [0.5, 0.6) is 0 Å². The van der Waals surface area contributed by atoms with Gasteiger partial charge in [-0.2, -0.15) is 0 Å². The molecule has 0 saturated carbocycles. The van der Waals surface area contributed by atoms with Gasteiger partial charge in [-0.05, 0) is 83.5 Å². The molecule has 2 N–H and O–H groups in total. The number of carbonyl (C=O) groups is 3. The lowest BCUT2D eigenvalue weighted by Gasteiger charge is -2.21. The SMILES string of the molecule is CC/C=C\C/C=C\C/C=C\C/C=C\C/C=C\CC(=O)OC(COC(=O)CCCC/C=C\C/C=C\C/C=C\C/C=C\CC)COP(=O)(O)OCC(CO)OC(=O)CCCCCCCCCCCCCCCCC. The monoisotopic (exact) mass is 1030 g/mol. The van der Waals surface area contributed by atoms with Crippen molar-refractivity contribution in [3.05, 3.63) is 109 Å². The molecule has 0 aliphatic carbocycles. The predicted octanol–water partition coefficient (Wildman–Crippen LogP) is 16.2. The third kappa shape index (κ3) is 51.1. The van der Waals surface area contributed by atoms with Crippen LogP contribution in [-0.4, -0.2) is 66.5 Å². The Kier molecular flexibility index (Phi) is 50.6. The molecule has 3 unspecified atom stereocenters. The molecule has 0 heterocycles. The molecular formula is C60H99O11P. The molecule has 0 aliphatic rings. The maximum Gasteiger partial charge on any atom is 0.472 e. The third-order valence-electron chi connectivity index (χ3n) is 11.2. The van der Waals surface area contributed by atoms with E-state index in [1.165, 1.54) is 70.6 Å². The number of hydrogen-bond donors (Lipinski definition) is 2. The number of phosphoric ester groups is 1. The van der Waals surface area contributed by atoms with Crippen molar-refractivity contribution in [1.82, 2.24) is 0 Å². The highest BCUT2D eigenvalue weighted by molar-refractivity contribution is 7.47. The molecule has 72 heavy (non-hydrogen) atoms. The van der Waals surface area contributed by atoms with Gasteiger partial charge in [-0.1, -0.05) is 220 Å². The second-order valence-corrected chi connectivity index (χ2v) is 19.5. The Hall–Kier alpha value is -3.86. The zero-order valence-corrected chi connectivity index (χ0v) is 46.0. The zero-order chi connectivity index (χ0) is 52.7. The highest BCUT2D eigenvalue weighted by atomic mass is 31.2. The molecule has 0 rings (SSSR count). The molecule has 0 aromatic heterocycles. The van der Waals surface area contributed by atoms with E-state index in [1.807, 2.05) is 18.2 Å². The first-order valence-electron chi connectivity index (χ1n) is 27.8. The lowest BCUT2D eigenvalue weighted by Crippen LogP contribution is -2.30. The summed E-state index contributed by atoms with van der Waals surface area (Å²) in [5.41, 5.74) is 0. The van der Waals surface area contributed by atoms with Crippen LogP contribution in [0.2, 0.25) is 0 Å². The van der Waals surface area contributed by atoms with Gasteiger partial charge >= 0.3 is 25.7 Å². The molecule has 0 radical (unpaired) electrons. The van der Waals surface area contributed by atoms with Gasteiger partial charge in [0.2, 0.25) is 0 Å². The van der Waals surface area contributed by atoms with Crippen LogP contribution in [-0.2, 0) is 42.2 Å². The number of esters is 3. The zero-order valence-electron chi connectivity index (χ0n) is 45.1. The number of unbranched alkanes of at least 4 members (excludes halogenated alkanes) is 16. The minimum absolute atomic E-state index is 0.0779. The van der Waals surface area contributed by atoms with Crippen molar-refractivity contribution in [3.63, 3.8) is 0 Å². The third-order valence-corrected chi connectivity index (χ3v) is 12.2. The summed E-state index contributed by atoms with van der Waals surface area (Å²) in [7, 11) is -4.78. The summed E-state index contributed by atoms with van der Waals surface area (Å²) in [6.07, 6.45) is 63.7. The Balaban J connectivity index is 4.88. The van der Waals surface area contributed by atoms with Gasteiger partial charge in [0.15, 0.2) is 6.10 Å². The van der Waals surface area contributed by atoms with Gasteiger partial charge in [-0.25, -0.2) is 4.57 Å². The normalized spacial score (nSPS) is 14.2. The molecule has 11 nitrogen and oxygen atoms in total. The van der Waals surface area contributed by atoms with E-state index >= 15 is 0 Å². The average molecular weight is 1030 g/mol. The summed E-state index contributed by atoms with van der Waals surface area (Å²) in [4.78, 5) is 48.4. The number of ether oxygens (including phenoxy) is 3. The van der Waals surface area contributed by atoms with E-state index in [9.17, 15) is 28.9 Å². The molecule has 0 saturated heterocycles. The summed E-state index contributed by atoms with van der Waals surface area (Å²) in [6, 6.07) is 0. The van der Waals surface area contributed by atoms with Crippen molar-refractivity contribution in [1.29, 1.82) is 0 Å². The van der Waals surface area contributed by atoms with Crippen molar-refractivity contribution in [2.45, 2.75) is 226 Å². The van der Waals surface area contributed by atoms with E-state index < -0.39 is 64.4 Å². The smallest absolute Gasteiger partial charge is 0.462 e. The second kappa shape index (κ2) is 53.4. The lowest BCUT2D eigenvalue weighted by molar-refractivity contribution is -0.160. The molecule has 0 spiro atoms. The molecule has 0 aromatic carbocycles. The van der Waals surface area contributed by atoms with E-state index in [2.05, 4.69) is 106 Å². The highest BCUT2D eigenvalue weighted by Gasteiger charge is 2.28. The Morgan fingerprint density at radius 1 is 0.417 bits per heavy atom. The van der Waals surface area contributed by atoms with E-state index in [0.29, 0.717) is 19.3 Å². The van der Waals surface area contributed by atoms with Crippen LogP contribution in [0, 0.1) is 0 Å². The fraction of sp³-hybridized carbons (Fsp3) is 0.650. The molecule has 0 aliphatic heterocycles. The molecule has 12 heteroatoms. The van der Waals surface area contributed by atoms with Crippen LogP contribution in [0.1, 0.15) is 213 Å². The standard InChI is InChI=1S/C60H99O11P/c1-4-7-10-13-16-19-22-25-28-31-34-37-40-43-46-49-58(62)67-53-57(71-60(64)51-48-45-42-39-36-33-30-27-24-21-18-15-12-9-6-3)55-69-72(65,66)68-54-56(52-61)70-59(63)50-47-44-41-38-35-32-29-26-23-20-17-14-11-8-5-2/h7,9-10,12,16,18-19,21,25,27-28,30,34,36-37,39,45,48,56-57,61H,4-6,8,11,13-15,17,20,22-24,26,29,31-33,35,38,40-44,46-47,49-55H2,1-3H3,(H,65,66)/b10-7-,12-9-,19-16-,21-18-,28-25-,30-27-,37-34-,39-36-,48-45-. The molecule has 0 bridgehead atoms. The van der Waals surface area contributed by atoms with Gasteiger partial charge in [0, 0.05) is 12.8 Å². The first-order chi connectivity index (χ1) is 35.2. The Labute approximate surface area is 437 Å². The van der Waals surface area contributed by atoms with Crippen LogP contribution in [0.4, 0.5) is 0 Å². The quantitative estimate of drug-likeness (QED) is 0.0197. The minimum atomic E-state index is -4.78. The second-order valence-electron chi connectivity index (χ2n) is 18.0. The number of aliphatic hydroxyl groups excluding tert-OH is 1. The van der Waals surface area contributed by atoms with Gasteiger partial charge in [0.05, 0.1) is 26.2 Å². The lowest BCUT2D eigenvalue weighted by atomic mass is 10.0. The number of phosphoric acid groups is 1.